The summed E-state index contributed by atoms with van der Waals surface area (Å²) in [5, 5.41) is 3.49. The predicted octanol–water partition coefficient (Wildman–Crippen LogP) is 1.20. The minimum absolute atomic E-state index is 0.191. The summed E-state index contributed by atoms with van der Waals surface area (Å²) in [6, 6.07) is 0.611. The Morgan fingerprint density at radius 3 is 2.81 bits per heavy atom. The van der Waals surface area contributed by atoms with Gasteiger partial charge < -0.3 is 19.5 Å². The molecule has 0 saturated carbocycles. The van der Waals surface area contributed by atoms with E-state index in [1.54, 1.807) is 0 Å². The normalized spacial score (nSPS) is 19.9. The highest BCUT2D eigenvalue weighted by atomic mass is 16.5. The number of hydrogen-bond acceptors (Lipinski definition) is 4. The minimum atomic E-state index is 0.191. The molecular formula is C12H25NO3. The van der Waals surface area contributed by atoms with Crippen LogP contribution in [0.3, 0.4) is 0 Å². The monoisotopic (exact) mass is 231 g/mol. The first-order valence-corrected chi connectivity index (χ1v) is 6.33. The molecule has 0 aromatic heterocycles. The van der Waals surface area contributed by atoms with Gasteiger partial charge in [0.1, 0.15) is 0 Å². The fourth-order valence-corrected chi connectivity index (χ4v) is 1.76. The van der Waals surface area contributed by atoms with Gasteiger partial charge in [-0.1, -0.05) is 0 Å². The van der Waals surface area contributed by atoms with Crippen molar-refractivity contribution in [1.82, 2.24) is 5.32 Å². The predicted molar refractivity (Wildman–Crippen MR) is 63.8 cm³/mol. The SMILES string of the molecule is CCOCC(C)OCCNC1CCOCC1. The Morgan fingerprint density at radius 1 is 1.38 bits per heavy atom. The summed E-state index contributed by atoms with van der Waals surface area (Å²) in [4.78, 5) is 0. The van der Waals surface area contributed by atoms with E-state index in [0.29, 0.717) is 12.6 Å². The first-order valence-electron chi connectivity index (χ1n) is 6.33. The number of nitrogens with one attached hydrogen (secondary N) is 1. The molecule has 1 atom stereocenters. The fourth-order valence-electron chi connectivity index (χ4n) is 1.76. The Morgan fingerprint density at radius 2 is 2.12 bits per heavy atom. The van der Waals surface area contributed by atoms with Crippen LogP contribution in [-0.2, 0) is 14.2 Å². The van der Waals surface area contributed by atoms with Gasteiger partial charge in [-0.05, 0) is 26.7 Å². The van der Waals surface area contributed by atoms with Crippen molar-refractivity contribution in [3.8, 4) is 0 Å². The average molecular weight is 231 g/mol. The lowest BCUT2D eigenvalue weighted by Crippen LogP contribution is -2.37. The Bertz CT molecular complexity index is 160. The number of ether oxygens (including phenoxy) is 3. The van der Waals surface area contributed by atoms with Gasteiger partial charge >= 0.3 is 0 Å². The van der Waals surface area contributed by atoms with Gasteiger partial charge in [0, 0.05) is 32.4 Å². The van der Waals surface area contributed by atoms with Crippen LogP contribution in [0.5, 0.6) is 0 Å². The zero-order valence-electron chi connectivity index (χ0n) is 10.5. The highest BCUT2D eigenvalue weighted by Gasteiger charge is 2.12. The third-order valence-corrected chi connectivity index (χ3v) is 2.72. The Kier molecular flexibility index (Phi) is 7.76. The van der Waals surface area contributed by atoms with Crippen molar-refractivity contribution in [3.05, 3.63) is 0 Å². The molecule has 4 nitrogen and oxygen atoms in total. The van der Waals surface area contributed by atoms with Crippen molar-refractivity contribution in [2.24, 2.45) is 0 Å². The van der Waals surface area contributed by atoms with Gasteiger partial charge in [-0.15, -0.1) is 0 Å². The maximum atomic E-state index is 5.62. The van der Waals surface area contributed by atoms with Crippen LogP contribution < -0.4 is 5.32 Å². The summed E-state index contributed by atoms with van der Waals surface area (Å²) in [6.07, 6.45) is 2.43. The molecule has 1 aliphatic heterocycles. The third kappa shape index (κ3) is 6.43. The first-order chi connectivity index (χ1) is 7.83. The zero-order chi connectivity index (χ0) is 11.6. The molecule has 4 heteroatoms. The second-order valence-electron chi connectivity index (χ2n) is 4.18. The van der Waals surface area contributed by atoms with Crippen molar-refractivity contribution in [1.29, 1.82) is 0 Å². The van der Waals surface area contributed by atoms with Crippen LogP contribution in [0.4, 0.5) is 0 Å². The highest BCUT2D eigenvalue weighted by molar-refractivity contribution is 4.69. The quantitative estimate of drug-likeness (QED) is 0.637. The van der Waals surface area contributed by atoms with Crippen LogP contribution in [0.25, 0.3) is 0 Å². The van der Waals surface area contributed by atoms with Gasteiger partial charge in [0.2, 0.25) is 0 Å². The van der Waals surface area contributed by atoms with Gasteiger partial charge in [-0.2, -0.15) is 0 Å². The van der Waals surface area contributed by atoms with E-state index in [4.69, 9.17) is 14.2 Å². The van der Waals surface area contributed by atoms with E-state index in [9.17, 15) is 0 Å². The molecule has 0 spiro atoms. The lowest BCUT2D eigenvalue weighted by atomic mass is 10.1. The second-order valence-corrected chi connectivity index (χ2v) is 4.18. The smallest absolute Gasteiger partial charge is 0.0781 e. The van der Waals surface area contributed by atoms with Crippen LogP contribution in [0.1, 0.15) is 26.7 Å². The van der Waals surface area contributed by atoms with Crippen molar-refractivity contribution < 1.29 is 14.2 Å². The molecule has 0 aromatic rings. The summed E-state index contributed by atoms with van der Waals surface area (Å²) in [6.45, 7) is 8.94. The van der Waals surface area contributed by atoms with Crippen LogP contribution in [0, 0.1) is 0 Å². The molecule has 16 heavy (non-hydrogen) atoms. The van der Waals surface area contributed by atoms with E-state index in [2.05, 4.69) is 5.32 Å². The van der Waals surface area contributed by atoms with Crippen LogP contribution >= 0.6 is 0 Å². The van der Waals surface area contributed by atoms with E-state index in [0.717, 1.165) is 45.8 Å². The fraction of sp³-hybridized carbons (Fsp3) is 1.00. The molecule has 1 rings (SSSR count). The van der Waals surface area contributed by atoms with E-state index >= 15 is 0 Å². The Balaban J connectivity index is 1.90. The summed E-state index contributed by atoms with van der Waals surface area (Å²) in [7, 11) is 0. The molecule has 1 unspecified atom stereocenters. The highest BCUT2D eigenvalue weighted by Crippen LogP contribution is 2.05. The first kappa shape index (κ1) is 13.9. The molecule has 96 valence electrons. The van der Waals surface area contributed by atoms with Crippen molar-refractivity contribution >= 4 is 0 Å². The molecule has 1 fully saturated rings. The van der Waals surface area contributed by atoms with Crippen LogP contribution in [0.15, 0.2) is 0 Å². The lowest BCUT2D eigenvalue weighted by Gasteiger charge is -2.23. The van der Waals surface area contributed by atoms with Crippen LogP contribution in [-0.4, -0.2) is 51.7 Å². The van der Waals surface area contributed by atoms with E-state index in [1.807, 2.05) is 13.8 Å². The van der Waals surface area contributed by atoms with Crippen molar-refractivity contribution in [3.63, 3.8) is 0 Å². The summed E-state index contributed by atoms with van der Waals surface area (Å²) in [5.74, 6) is 0. The van der Waals surface area contributed by atoms with Gasteiger partial charge in [0.05, 0.1) is 19.3 Å². The van der Waals surface area contributed by atoms with Crippen molar-refractivity contribution in [2.45, 2.75) is 38.8 Å². The molecule has 0 aromatic carbocycles. The third-order valence-electron chi connectivity index (χ3n) is 2.72. The number of hydrogen-bond donors (Lipinski definition) is 1. The average Bonchev–Trinajstić information content (AvgIpc) is 2.33. The summed E-state index contributed by atoms with van der Waals surface area (Å²) in [5.41, 5.74) is 0. The topological polar surface area (TPSA) is 39.7 Å². The Hall–Kier alpha value is -0.160. The number of rotatable bonds is 8. The molecule has 0 radical (unpaired) electrons. The molecule has 1 N–H and O–H groups in total. The van der Waals surface area contributed by atoms with Crippen LogP contribution in [0.2, 0.25) is 0 Å². The van der Waals surface area contributed by atoms with E-state index in [-0.39, 0.29) is 6.10 Å². The molecule has 0 amide bonds. The standard InChI is InChI=1S/C12H25NO3/c1-3-14-10-11(2)16-9-6-13-12-4-7-15-8-5-12/h11-13H,3-10H2,1-2H3. The minimum Gasteiger partial charge on any atom is -0.381 e. The maximum Gasteiger partial charge on any atom is 0.0781 e. The van der Waals surface area contributed by atoms with Crippen molar-refractivity contribution in [2.75, 3.05) is 39.6 Å². The maximum absolute atomic E-state index is 5.62. The Labute approximate surface area is 98.6 Å². The largest absolute Gasteiger partial charge is 0.381 e. The van der Waals surface area contributed by atoms with Gasteiger partial charge in [0.15, 0.2) is 0 Å². The van der Waals surface area contributed by atoms with Gasteiger partial charge in [-0.3, -0.25) is 0 Å². The molecule has 1 aliphatic rings. The van der Waals surface area contributed by atoms with E-state index in [1.165, 1.54) is 0 Å². The molecule has 0 aliphatic carbocycles. The molecule has 1 heterocycles. The summed E-state index contributed by atoms with van der Waals surface area (Å²) >= 11 is 0. The second kappa shape index (κ2) is 8.93. The zero-order valence-corrected chi connectivity index (χ0v) is 10.5. The molecular weight excluding hydrogens is 206 g/mol. The molecule has 1 saturated heterocycles. The van der Waals surface area contributed by atoms with E-state index < -0.39 is 0 Å². The lowest BCUT2D eigenvalue weighted by molar-refractivity contribution is -0.00380. The summed E-state index contributed by atoms with van der Waals surface area (Å²) < 4.78 is 16.2. The molecule has 0 bridgehead atoms. The van der Waals surface area contributed by atoms with Gasteiger partial charge in [0.25, 0.3) is 0 Å². The van der Waals surface area contributed by atoms with Gasteiger partial charge in [-0.25, -0.2) is 0 Å².